The predicted molar refractivity (Wildman–Crippen MR) is 76.9 cm³/mol. The summed E-state index contributed by atoms with van der Waals surface area (Å²) in [6, 6.07) is 9.84. The molecule has 2 rings (SSSR count). The second-order valence-electron chi connectivity index (χ2n) is 4.40. The number of nitrogens with one attached hydrogen (secondary N) is 1. The molecule has 0 aliphatic rings. The zero-order chi connectivity index (χ0) is 14.7. The minimum atomic E-state index is -1.34. The largest absolute Gasteiger partial charge is 0.478 e. The quantitative estimate of drug-likeness (QED) is 0.747. The van der Waals surface area contributed by atoms with E-state index in [-0.39, 0.29) is 5.69 Å². The van der Waals surface area contributed by atoms with Gasteiger partial charge in [0.1, 0.15) is 5.82 Å². The molecule has 0 spiro atoms. The average Bonchev–Trinajstić information content (AvgIpc) is 2.43. The molecule has 0 aliphatic heterocycles. The lowest BCUT2D eigenvalue weighted by Crippen LogP contribution is -2.05. The van der Waals surface area contributed by atoms with Crippen LogP contribution in [-0.2, 0) is 6.42 Å². The van der Waals surface area contributed by atoms with E-state index in [1.807, 2.05) is 24.3 Å². The lowest BCUT2D eigenvalue weighted by molar-refractivity contribution is 0.0692. The number of hydrogen-bond donors (Lipinski definition) is 3. The van der Waals surface area contributed by atoms with Gasteiger partial charge < -0.3 is 16.2 Å². The summed E-state index contributed by atoms with van der Waals surface area (Å²) < 4.78 is 13.6. The van der Waals surface area contributed by atoms with Gasteiger partial charge in [0.15, 0.2) is 0 Å². The summed E-state index contributed by atoms with van der Waals surface area (Å²) in [6.07, 6.45) is 0.935. The Hall–Kier alpha value is -2.56. The molecule has 0 heterocycles. The van der Waals surface area contributed by atoms with Crippen molar-refractivity contribution >= 4 is 23.0 Å². The van der Waals surface area contributed by atoms with E-state index >= 15 is 0 Å². The predicted octanol–water partition coefficient (Wildman–Crippen LogP) is 3.41. The fourth-order valence-electron chi connectivity index (χ4n) is 1.84. The van der Waals surface area contributed by atoms with Crippen molar-refractivity contribution in [1.29, 1.82) is 0 Å². The molecule has 0 fully saturated rings. The molecule has 2 aromatic rings. The molecule has 0 aromatic heterocycles. The van der Waals surface area contributed by atoms with E-state index in [1.54, 1.807) is 0 Å². The van der Waals surface area contributed by atoms with Crippen LogP contribution in [0.4, 0.5) is 21.5 Å². The summed E-state index contributed by atoms with van der Waals surface area (Å²) in [5.74, 6) is -2.16. The van der Waals surface area contributed by atoms with Crippen molar-refractivity contribution in [3.63, 3.8) is 0 Å². The highest BCUT2D eigenvalue weighted by molar-refractivity contribution is 5.91. The van der Waals surface area contributed by atoms with Crippen LogP contribution in [0, 0.1) is 5.82 Å². The van der Waals surface area contributed by atoms with E-state index in [4.69, 9.17) is 10.8 Å². The highest BCUT2D eigenvalue weighted by Gasteiger charge is 2.13. The molecule has 0 unspecified atom stereocenters. The van der Waals surface area contributed by atoms with Gasteiger partial charge in [-0.3, -0.25) is 0 Å². The van der Waals surface area contributed by atoms with Crippen LogP contribution in [0.5, 0.6) is 0 Å². The normalized spacial score (nSPS) is 10.3. The summed E-state index contributed by atoms with van der Waals surface area (Å²) >= 11 is 0. The van der Waals surface area contributed by atoms with Crippen molar-refractivity contribution in [2.45, 2.75) is 13.3 Å². The number of carbonyl (C=O) groups is 1. The molecule has 0 radical (unpaired) electrons. The molecule has 5 heteroatoms. The molecular formula is C15H15FN2O2. The Bertz CT molecular complexity index is 639. The summed E-state index contributed by atoms with van der Waals surface area (Å²) in [4.78, 5) is 10.8. The lowest BCUT2D eigenvalue weighted by Gasteiger charge is -2.11. The van der Waals surface area contributed by atoms with Crippen LogP contribution >= 0.6 is 0 Å². The SMILES string of the molecule is CCc1ccc(Nc2cc(F)c(C(=O)O)cc2N)cc1. The Morgan fingerprint density at radius 2 is 1.95 bits per heavy atom. The number of hydrogen-bond acceptors (Lipinski definition) is 3. The minimum Gasteiger partial charge on any atom is -0.478 e. The zero-order valence-electron chi connectivity index (χ0n) is 11.0. The summed E-state index contributed by atoms with van der Waals surface area (Å²) in [5.41, 5.74) is 7.78. The van der Waals surface area contributed by atoms with Crippen molar-refractivity contribution in [1.82, 2.24) is 0 Å². The Morgan fingerprint density at radius 1 is 1.30 bits per heavy atom. The van der Waals surface area contributed by atoms with Gasteiger partial charge in [-0.25, -0.2) is 9.18 Å². The maximum Gasteiger partial charge on any atom is 0.338 e. The molecule has 0 saturated carbocycles. The van der Waals surface area contributed by atoms with E-state index in [9.17, 15) is 9.18 Å². The summed E-state index contributed by atoms with van der Waals surface area (Å²) in [7, 11) is 0. The third-order valence-electron chi connectivity index (χ3n) is 3.01. The number of halogens is 1. The molecule has 0 bridgehead atoms. The first-order chi connectivity index (χ1) is 9.51. The van der Waals surface area contributed by atoms with E-state index in [1.165, 1.54) is 5.56 Å². The minimum absolute atomic E-state index is 0.184. The smallest absolute Gasteiger partial charge is 0.338 e. The Balaban J connectivity index is 2.29. The van der Waals surface area contributed by atoms with Gasteiger partial charge in [0.25, 0.3) is 0 Å². The molecule has 4 N–H and O–H groups in total. The molecule has 0 atom stereocenters. The number of benzene rings is 2. The number of nitrogen functional groups attached to an aromatic ring is 1. The van der Waals surface area contributed by atoms with Gasteiger partial charge in [0, 0.05) is 11.8 Å². The third-order valence-corrected chi connectivity index (χ3v) is 3.01. The van der Waals surface area contributed by atoms with Crippen molar-refractivity contribution < 1.29 is 14.3 Å². The van der Waals surface area contributed by atoms with Gasteiger partial charge in [0.05, 0.1) is 16.9 Å². The van der Waals surface area contributed by atoms with E-state index in [2.05, 4.69) is 12.2 Å². The molecule has 2 aromatic carbocycles. The van der Waals surface area contributed by atoms with E-state index < -0.39 is 17.3 Å². The first-order valence-electron chi connectivity index (χ1n) is 6.19. The molecule has 104 valence electrons. The van der Waals surface area contributed by atoms with Gasteiger partial charge in [0.2, 0.25) is 0 Å². The van der Waals surface area contributed by atoms with Crippen molar-refractivity contribution in [2.75, 3.05) is 11.1 Å². The van der Waals surface area contributed by atoms with Crippen molar-refractivity contribution in [2.24, 2.45) is 0 Å². The van der Waals surface area contributed by atoms with Crippen LogP contribution in [-0.4, -0.2) is 11.1 Å². The van der Waals surface area contributed by atoms with E-state index in [0.29, 0.717) is 5.69 Å². The molecule has 0 aliphatic carbocycles. The summed E-state index contributed by atoms with van der Waals surface area (Å²) in [5, 5.41) is 11.8. The molecule has 4 nitrogen and oxygen atoms in total. The molecule has 20 heavy (non-hydrogen) atoms. The van der Waals surface area contributed by atoms with Crippen LogP contribution in [0.3, 0.4) is 0 Å². The first kappa shape index (κ1) is 13.9. The molecule has 0 amide bonds. The maximum atomic E-state index is 13.6. The number of aromatic carboxylic acids is 1. The van der Waals surface area contributed by atoms with Crippen molar-refractivity contribution in [3.05, 3.63) is 53.3 Å². The lowest BCUT2D eigenvalue weighted by atomic mass is 10.1. The maximum absolute atomic E-state index is 13.6. The van der Waals surface area contributed by atoms with Crippen LogP contribution in [0.25, 0.3) is 0 Å². The standard InChI is InChI=1S/C15H15FN2O2/c1-2-9-3-5-10(6-4-9)18-14-8-12(16)11(15(19)20)7-13(14)17/h3-8,18H,2,17H2,1H3,(H,19,20). The van der Waals surface area contributed by atoms with Crippen LogP contribution in [0.15, 0.2) is 36.4 Å². The van der Waals surface area contributed by atoms with Gasteiger partial charge >= 0.3 is 5.97 Å². The average molecular weight is 274 g/mol. The van der Waals surface area contributed by atoms with Crippen LogP contribution < -0.4 is 11.1 Å². The van der Waals surface area contributed by atoms with Crippen molar-refractivity contribution in [3.8, 4) is 0 Å². The van der Waals surface area contributed by atoms with E-state index in [0.717, 1.165) is 24.2 Å². The fraction of sp³-hybridized carbons (Fsp3) is 0.133. The Labute approximate surface area is 116 Å². The summed E-state index contributed by atoms with van der Waals surface area (Å²) in [6.45, 7) is 2.06. The zero-order valence-corrected chi connectivity index (χ0v) is 11.0. The topological polar surface area (TPSA) is 75.3 Å². The Morgan fingerprint density at radius 3 is 2.50 bits per heavy atom. The highest BCUT2D eigenvalue weighted by Crippen LogP contribution is 2.26. The number of carboxylic acids is 1. The number of aryl methyl sites for hydroxylation is 1. The van der Waals surface area contributed by atoms with Gasteiger partial charge in [-0.15, -0.1) is 0 Å². The van der Waals surface area contributed by atoms with Gasteiger partial charge in [-0.05, 0) is 30.2 Å². The Kier molecular flexibility index (Phi) is 3.89. The van der Waals surface area contributed by atoms with Gasteiger partial charge in [-0.1, -0.05) is 19.1 Å². The second-order valence-corrected chi connectivity index (χ2v) is 4.40. The number of rotatable bonds is 4. The first-order valence-corrected chi connectivity index (χ1v) is 6.19. The second kappa shape index (κ2) is 5.61. The van der Waals surface area contributed by atoms with Gasteiger partial charge in [-0.2, -0.15) is 0 Å². The highest BCUT2D eigenvalue weighted by atomic mass is 19.1. The number of carboxylic acid groups (broad SMARTS) is 1. The number of nitrogens with two attached hydrogens (primary N) is 1. The van der Waals surface area contributed by atoms with Crippen LogP contribution in [0.2, 0.25) is 0 Å². The number of anilines is 3. The third kappa shape index (κ3) is 2.88. The fourth-order valence-corrected chi connectivity index (χ4v) is 1.84. The van der Waals surface area contributed by atoms with Crippen LogP contribution in [0.1, 0.15) is 22.8 Å². The monoisotopic (exact) mass is 274 g/mol. The molecule has 0 saturated heterocycles. The molecular weight excluding hydrogens is 259 g/mol.